The number of rotatable bonds is 2. The van der Waals surface area contributed by atoms with Crippen LogP contribution in [0.25, 0.3) is 0 Å². The van der Waals surface area contributed by atoms with E-state index in [1.807, 2.05) is 24.3 Å². The smallest absolute Gasteiger partial charge is 0.128 e. The lowest BCUT2D eigenvalue weighted by Gasteiger charge is -2.34. The third kappa shape index (κ3) is 2.77. The van der Waals surface area contributed by atoms with Crippen LogP contribution >= 0.6 is 0 Å². The molecule has 1 saturated heterocycles. The van der Waals surface area contributed by atoms with Crippen LogP contribution in [0, 0.1) is 5.41 Å². The van der Waals surface area contributed by atoms with Crippen molar-refractivity contribution in [1.29, 1.82) is 5.41 Å². The standard InChI is InChI=1S/C13H19N3O/c1-15-6-8-16(9-7-15)13(14)11-4-3-5-12(10-11)17-2/h3-5,10,14H,6-9H2,1-2H3. The number of amidine groups is 1. The first kappa shape index (κ1) is 11.9. The molecule has 92 valence electrons. The van der Waals surface area contributed by atoms with Gasteiger partial charge in [0.25, 0.3) is 0 Å². The summed E-state index contributed by atoms with van der Waals surface area (Å²) in [4.78, 5) is 4.41. The number of benzene rings is 1. The molecule has 0 radical (unpaired) electrons. The van der Waals surface area contributed by atoms with Gasteiger partial charge >= 0.3 is 0 Å². The SMILES string of the molecule is COc1cccc(C(=N)N2CCN(C)CC2)c1. The van der Waals surface area contributed by atoms with Crippen molar-refractivity contribution in [2.24, 2.45) is 0 Å². The molecule has 0 bridgehead atoms. The quantitative estimate of drug-likeness (QED) is 0.617. The molecule has 0 amide bonds. The van der Waals surface area contributed by atoms with Gasteiger partial charge in [-0.05, 0) is 19.2 Å². The summed E-state index contributed by atoms with van der Waals surface area (Å²) in [6.45, 7) is 3.89. The van der Waals surface area contributed by atoms with Crippen LogP contribution in [0.5, 0.6) is 5.75 Å². The Kier molecular flexibility index (Phi) is 3.64. The van der Waals surface area contributed by atoms with Gasteiger partial charge in [-0.25, -0.2) is 0 Å². The predicted octanol–water partition coefficient (Wildman–Crippen LogP) is 1.27. The summed E-state index contributed by atoms with van der Waals surface area (Å²) >= 11 is 0. The molecule has 17 heavy (non-hydrogen) atoms. The maximum atomic E-state index is 8.21. The van der Waals surface area contributed by atoms with Crippen molar-refractivity contribution in [3.63, 3.8) is 0 Å². The van der Waals surface area contributed by atoms with Crippen molar-refractivity contribution in [1.82, 2.24) is 9.80 Å². The number of nitrogens with zero attached hydrogens (tertiary/aromatic N) is 2. The predicted molar refractivity (Wildman–Crippen MR) is 68.9 cm³/mol. The molecular weight excluding hydrogens is 214 g/mol. The molecule has 0 saturated carbocycles. The molecule has 0 unspecified atom stereocenters. The number of piperazine rings is 1. The molecule has 1 heterocycles. The molecular formula is C13H19N3O. The summed E-state index contributed by atoms with van der Waals surface area (Å²) in [6, 6.07) is 7.71. The molecule has 2 rings (SSSR count). The Labute approximate surface area is 102 Å². The normalized spacial score (nSPS) is 16.9. The monoisotopic (exact) mass is 233 g/mol. The van der Waals surface area contributed by atoms with Gasteiger partial charge in [0.15, 0.2) is 0 Å². The van der Waals surface area contributed by atoms with E-state index in [9.17, 15) is 0 Å². The van der Waals surface area contributed by atoms with E-state index in [1.54, 1.807) is 7.11 Å². The van der Waals surface area contributed by atoms with E-state index in [0.717, 1.165) is 37.5 Å². The van der Waals surface area contributed by atoms with Gasteiger partial charge in [-0.3, -0.25) is 5.41 Å². The largest absolute Gasteiger partial charge is 0.497 e. The van der Waals surface area contributed by atoms with Crippen LogP contribution in [-0.2, 0) is 0 Å². The fourth-order valence-electron chi connectivity index (χ4n) is 1.98. The molecule has 1 aromatic carbocycles. The zero-order chi connectivity index (χ0) is 12.3. The molecule has 0 aliphatic carbocycles. The van der Waals surface area contributed by atoms with Crippen molar-refractivity contribution in [2.45, 2.75) is 0 Å². The highest BCUT2D eigenvalue weighted by molar-refractivity contribution is 5.96. The Bertz CT molecular complexity index is 397. The van der Waals surface area contributed by atoms with Crippen LogP contribution in [0.3, 0.4) is 0 Å². The Hall–Kier alpha value is -1.55. The number of hydrogen-bond donors (Lipinski definition) is 1. The Morgan fingerprint density at radius 1 is 1.24 bits per heavy atom. The van der Waals surface area contributed by atoms with E-state index >= 15 is 0 Å². The summed E-state index contributed by atoms with van der Waals surface area (Å²) in [5, 5.41) is 8.21. The number of methoxy groups -OCH3 is 1. The van der Waals surface area contributed by atoms with Gasteiger partial charge in [0.05, 0.1) is 7.11 Å². The maximum Gasteiger partial charge on any atom is 0.128 e. The second kappa shape index (κ2) is 5.19. The first-order chi connectivity index (χ1) is 8.20. The fraction of sp³-hybridized carbons (Fsp3) is 0.462. The minimum Gasteiger partial charge on any atom is -0.497 e. The summed E-state index contributed by atoms with van der Waals surface area (Å²) < 4.78 is 5.19. The lowest BCUT2D eigenvalue weighted by Crippen LogP contribution is -2.47. The van der Waals surface area contributed by atoms with Crippen molar-refractivity contribution in [3.8, 4) is 5.75 Å². The second-order valence-electron chi connectivity index (χ2n) is 4.37. The lowest BCUT2D eigenvalue weighted by atomic mass is 10.1. The van der Waals surface area contributed by atoms with Crippen LogP contribution in [0.1, 0.15) is 5.56 Å². The molecule has 1 aromatic rings. The summed E-state index contributed by atoms with van der Waals surface area (Å²) in [5.74, 6) is 1.40. The second-order valence-corrected chi connectivity index (χ2v) is 4.37. The maximum absolute atomic E-state index is 8.21. The van der Waals surface area contributed by atoms with Gasteiger partial charge in [-0.2, -0.15) is 0 Å². The molecule has 0 aromatic heterocycles. The molecule has 1 aliphatic heterocycles. The van der Waals surface area contributed by atoms with E-state index in [1.165, 1.54) is 0 Å². The molecule has 1 fully saturated rings. The molecule has 0 spiro atoms. The first-order valence-corrected chi connectivity index (χ1v) is 5.87. The van der Waals surface area contributed by atoms with E-state index in [-0.39, 0.29) is 0 Å². The van der Waals surface area contributed by atoms with Gasteiger partial charge in [-0.15, -0.1) is 0 Å². The zero-order valence-corrected chi connectivity index (χ0v) is 10.4. The number of likely N-dealkylation sites (N-methyl/N-ethyl adjacent to an activating group) is 1. The van der Waals surface area contributed by atoms with Gasteiger partial charge in [0.1, 0.15) is 11.6 Å². The minimum absolute atomic E-state index is 0.594. The topological polar surface area (TPSA) is 39.6 Å². The van der Waals surface area contributed by atoms with Crippen LogP contribution in [0.15, 0.2) is 24.3 Å². The van der Waals surface area contributed by atoms with Crippen molar-refractivity contribution in [2.75, 3.05) is 40.3 Å². The zero-order valence-electron chi connectivity index (χ0n) is 10.4. The van der Waals surface area contributed by atoms with Gasteiger partial charge in [-0.1, -0.05) is 12.1 Å². The Morgan fingerprint density at radius 3 is 2.59 bits per heavy atom. The van der Waals surface area contributed by atoms with Crippen molar-refractivity contribution >= 4 is 5.84 Å². The van der Waals surface area contributed by atoms with E-state index in [4.69, 9.17) is 10.1 Å². The molecule has 1 N–H and O–H groups in total. The van der Waals surface area contributed by atoms with Gasteiger partial charge < -0.3 is 14.5 Å². The van der Waals surface area contributed by atoms with E-state index in [2.05, 4.69) is 16.8 Å². The average molecular weight is 233 g/mol. The van der Waals surface area contributed by atoms with Gasteiger partial charge in [0, 0.05) is 31.7 Å². The highest BCUT2D eigenvalue weighted by atomic mass is 16.5. The fourth-order valence-corrected chi connectivity index (χ4v) is 1.98. The molecule has 0 atom stereocenters. The summed E-state index contributed by atoms with van der Waals surface area (Å²) in [7, 11) is 3.77. The number of hydrogen-bond acceptors (Lipinski definition) is 3. The van der Waals surface area contributed by atoms with Crippen molar-refractivity contribution < 1.29 is 4.74 Å². The molecule has 4 heteroatoms. The Morgan fingerprint density at radius 2 is 1.94 bits per heavy atom. The highest BCUT2D eigenvalue weighted by Gasteiger charge is 2.17. The van der Waals surface area contributed by atoms with Gasteiger partial charge in [0.2, 0.25) is 0 Å². The third-order valence-corrected chi connectivity index (χ3v) is 3.16. The number of ether oxygens (including phenoxy) is 1. The van der Waals surface area contributed by atoms with E-state index in [0.29, 0.717) is 5.84 Å². The van der Waals surface area contributed by atoms with Crippen LogP contribution in [-0.4, -0.2) is 56.0 Å². The van der Waals surface area contributed by atoms with Crippen LogP contribution < -0.4 is 4.74 Å². The minimum atomic E-state index is 0.594. The summed E-state index contributed by atoms with van der Waals surface area (Å²) in [5.41, 5.74) is 0.925. The Balaban J connectivity index is 2.08. The molecule has 1 aliphatic rings. The van der Waals surface area contributed by atoms with Crippen LogP contribution in [0.4, 0.5) is 0 Å². The van der Waals surface area contributed by atoms with Crippen molar-refractivity contribution in [3.05, 3.63) is 29.8 Å². The van der Waals surface area contributed by atoms with E-state index < -0.39 is 0 Å². The number of nitrogens with one attached hydrogen (secondary N) is 1. The lowest BCUT2D eigenvalue weighted by molar-refractivity contribution is 0.215. The third-order valence-electron chi connectivity index (χ3n) is 3.16. The van der Waals surface area contributed by atoms with Crippen LogP contribution in [0.2, 0.25) is 0 Å². The highest BCUT2D eigenvalue weighted by Crippen LogP contribution is 2.15. The summed E-state index contributed by atoms with van der Waals surface area (Å²) in [6.07, 6.45) is 0. The average Bonchev–Trinajstić information content (AvgIpc) is 2.39. The first-order valence-electron chi connectivity index (χ1n) is 5.87. The molecule has 4 nitrogen and oxygen atoms in total.